The standard InChI is InChI=1S/C21H25N3O9S3/c1-13(2)22-21(25)23-16-7-5-14(19(11-16)35(28,29)30)3-4-15-6-8-17(12-20(15)36(31,32)33)24-34(26,27)18-9-10-18/h3-8,11-13,18,24H,9-10H2,1-2H3,(H2,22,23,25)(H,28,29,30)(H,31,32,33)/b4-3+. The molecule has 3 rings (SSSR count). The highest BCUT2D eigenvalue weighted by Crippen LogP contribution is 2.31. The average Bonchev–Trinajstić information content (AvgIpc) is 3.57. The zero-order valence-electron chi connectivity index (χ0n) is 19.2. The van der Waals surface area contributed by atoms with Crippen molar-refractivity contribution in [3.8, 4) is 0 Å². The van der Waals surface area contributed by atoms with Crippen molar-refractivity contribution >= 4 is 59.8 Å². The molecule has 0 aliphatic heterocycles. The first-order valence-electron chi connectivity index (χ1n) is 10.6. The Balaban J connectivity index is 1.96. The van der Waals surface area contributed by atoms with Crippen LogP contribution in [0.5, 0.6) is 0 Å². The summed E-state index contributed by atoms with van der Waals surface area (Å²) in [5, 5.41) is 4.44. The van der Waals surface area contributed by atoms with E-state index in [-0.39, 0.29) is 28.5 Å². The molecule has 196 valence electrons. The number of hydrogen-bond acceptors (Lipinski definition) is 7. The SMILES string of the molecule is CC(C)NC(=O)Nc1ccc(/C=C/c2ccc(NS(=O)(=O)C3CC3)cc2S(=O)(=O)O)c(S(=O)(=O)O)c1. The summed E-state index contributed by atoms with van der Waals surface area (Å²) < 4.78 is 93.6. The minimum Gasteiger partial charge on any atom is -0.336 e. The second-order valence-corrected chi connectivity index (χ2v) is 13.1. The average molecular weight is 560 g/mol. The predicted octanol–water partition coefficient (Wildman–Crippen LogP) is 2.78. The van der Waals surface area contributed by atoms with Crippen LogP contribution in [0.15, 0.2) is 46.2 Å². The maximum Gasteiger partial charge on any atom is 0.319 e. The third kappa shape index (κ3) is 7.27. The maximum absolute atomic E-state index is 12.1. The number of rotatable bonds is 9. The lowest BCUT2D eigenvalue weighted by Gasteiger charge is -2.12. The summed E-state index contributed by atoms with van der Waals surface area (Å²) in [6, 6.07) is 6.35. The van der Waals surface area contributed by atoms with E-state index in [9.17, 15) is 39.2 Å². The monoisotopic (exact) mass is 559 g/mol. The molecule has 15 heteroatoms. The number of anilines is 2. The van der Waals surface area contributed by atoms with E-state index in [1.165, 1.54) is 36.4 Å². The second kappa shape index (κ2) is 10.2. The minimum absolute atomic E-state index is 0.0490. The third-order valence-corrected chi connectivity index (χ3v) is 8.61. The van der Waals surface area contributed by atoms with Gasteiger partial charge in [0.05, 0.1) is 5.25 Å². The van der Waals surface area contributed by atoms with Gasteiger partial charge < -0.3 is 10.6 Å². The first-order chi connectivity index (χ1) is 16.6. The number of carbonyl (C=O) groups excluding carboxylic acids is 1. The van der Waals surface area contributed by atoms with Gasteiger partial charge in [0, 0.05) is 17.4 Å². The van der Waals surface area contributed by atoms with Gasteiger partial charge in [0.15, 0.2) is 0 Å². The molecule has 0 aromatic heterocycles. The van der Waals surface area contributed by atoms with Crippen molar-refractivity contribution in [2.75, 3.05) is 10.0 Å². The van der Waals surface area contributed by atoms with Gasteiger partial charge in [-0.1, -0.05) is 24.3 Å². The molecule has 2 aromatic carbocycles. The number of benzene rings is 2. The van der Waals surface area contributed by atoms with Gasteiger partial charge in [0.25, 0.3) is 20.2 Å². The summed E-state index contributed by atoms with van der Waals surface area (Å²) in [6.45, 7) is 3.46. The number of nitrogens with one attached hydrogen (secondary N) is 3. The zero-order chi connectivity index (χ0) is 26.9. The molecule has 1 aliphatic carbocycles. The van der Waals surface area contributed by atoms with Crippen LogP contribution < -0.4 is 15.4 Å². The van der Waals surface area contributed by atoms with Crippen molar-refractivity contribution in [2.24, 2.45) is 0 Å². The first-order valence-corrected chi connectivity index (χ1v) is 15.0. The maximum atomic E-state index is 12.1. The van der Waals surface area contributed by atoms with Crippen molar-refractivity contribution in [2.45, 2.75) is 47.8 Å². The van der Waals surface area contributed by atoms with Crippen LogP contribution in [0.4, 0.5) is 16.2 Å². The molecule has 0 radical (unpaired) electrons. The van der Waals surface area contributed by atoms with Gasteiger partial charge in [-0.25, -0.2) is 13.2 Å². The van der Waals surface area contributed by atoms with Gasteiger partial charge in [-0.15, -0.1) is 0 Å². The molecule has 1 saturated carbocycles. The topological polar surface area (TPSA) is 196 Å². The van der Waals surface area contributed by atoms with E-state index in [1.54, 1.807) is 13.8 Å². The Bertz CT molecular complexity index is 1530. The summed E-state index contributed by atoms with van der Waals surface area (Å²) in [7, 11) is -13.2. The molecular weight excluding hydrogens is 534 g/mol. The van der Waals surface area contributed by atoms with Gasteiger partial charge >= 0.3 is 6.03 Å². The van der Waals surface area contributed by atoms with Crippen molar-refractivity contribution in [3.05, 3.63) is 47.5 Å². The number of hydrogen-bond donors (Lipinski definition) is 5. The van der Waals surface area contributed by atoms with Crippen molar-refractivity contribution in [1.82, 2.24) is 5.32 Å². The lowest BCUT2D eigenvalue weighted by Crippen LogP contribution is -2.34. The van der Waals surface area contributed by atoms with Crippen LogP contribution in [0, 0.1) is 0 Å². The van der Waals surface area contributed by atoms with Crippen LogP contribution in [-0.4, -0.2) is 51.7 Å². The normalized spacial score (nSPS) is 14.7. The van der Waals surface area contributed by atoms with Crippen LogP contribution >= 0.6 is 0 Å². The first kappa shape index (κ1) is 27.6. The molecule has 0 unspecified atom stereocenters. The Morgan fingerprint density at radius 2 is 1.33 bits per heavy atom. The second-order valence-electron chi connectivity index (χ2n) is 8.39. The van der Waals surface area contributed by atoms with Crippen LogP contribution in [0.25, 0.3) is 12.2 Å². The van der Waals surface area contributed by atoms with Gasteiger partial charge in [0.1, 0.15) is 9.79 Å². The van der Waals surface area contributed by atoms with E-state index in [0.29, 0.717) is 12.8 Å². The summed E-state index contributed by atoms with van der Waals surface area (Å²) >= 11 is 0. The number of amides is 2. The molecular formula is C21H25N3O9S3. The van der Waals surface area contributed by atoms with E-state index in [2.05, 4.69) is 15.4 Å². The minimum atomic E-state index is -4.80. The number of sulfonamides is 1. The molecule has 2 amide bonds. The fourth-order valence-electron chi connectivity index (χ4n) is 3.17. The molecule has 5 N–H and O–H groups in total. The summed E-state index contributed by atoms with van der Waals surface area (Å²) in [6.07, 6.45) is 3.34. The highest BCUT2D eigenvalue weighted by molar-refractivity contribution is 7.93. The third-order valence-electron chi connectivity index (χ3n) is 4.93. The largest absolute Gasteiger partial charge is 0.336 e. The molecule has 12 nitrogen and oxygen atoms in total. The smallest absolute Gasteiger partial charge is 0.319 e. The van der Waals surface area contributed by atoms with E-state index in [0.717, 1.165) is 12.1 Å². The molecule has 2 aromatic rings. The van der Waals surface area contributed by atoms with Gasteiger partial charge in [-0.2, -0.15) is 16.8 Å². The summed E-state index contributed by atoms with van der Waals surface area (Å²) in [4.78, 5) is 10.7. The van der Waals surface area contributed by atoms with Crippen LogP contribution in [0.2, 0.25) is 0 Å². The van der Waals surface area contributed by atoms with Crippen LogP contribution in [0.1, 0.15) is 37.8 Å². The predicted molar refractivity (Wildman–Crippen MR) is 134 cm³/mol. The van der Waals surface area contributed by atoms with E-state index >= 15 is 0 Å². The lowest BCUT2D eigenvalue weighted by molar-refractivity contribution is 0.250. The zero-order valence-corrected chi connectivity index (χ0v) is 21.6. The Morgan fingerprint density at radius 3 is 1.78 bits per heavy atom. The van der Waals surface area contributed by atoms with E-state index in [1.807, 2.05) is 0 Å². The fourth-order valence-corrected chi connectivity index (χ4v) is 5.97. The van der Waals surface area contributed by atoms with Gasteiger partial charge in [-0.05, 0) is 62.1 Å². The molecule has 0 spiro atoms. The highest BCUT2D eigenvalue weighted by Gasteiger charge is 2.35. The Hall–Kier alpha value is -2.98. The van der Waals surface area contributed by atoms with Gasteiger partial charge in [-0.3, -0.25) is 13.8 Å². The molecule has 0 bridgehead atoms. The Morgan fingerprint density at radius 1 is 0.861 bits per heavy atom. The van der Waals surface area contributed by atoms with Crippen molar-refractivity contribution < 1.29 is 39.2 Å². The molecule has 36 heavy (non-hydrogen) atoms. The fraction of sp³-hybridized carbons (Fsp3) is 0.286. The Kier molecular flexibility index (Phi) is 7.80. The summed E-state index contributed by atoms with van der Waals surface area (Å²) in [5.41, 5.74) is -0.122. The number of carbonyl (C=O) groups is 1. The highest BCUT2D eigenvalue weighted by atomic mass is 32.2. The van der Waals surface area contributed by atoms with E-state index < -0.39 is 51.3 Å². The van der Waals surface area contributed by atoms with Crippen molar-refractivity contribution in [3.63, 3.8) is 0 Å². The molecule has 0 atom stereocenters. The van der Waals surface area contributed by atoms with E-state index in [4.69, 9.17) is 0 Å². The molecule has 1 aliphatic rings. The number of urea groups is 1. The summed E-state index contributed by atoms with van der Waals surface area (Å²) in [5.74, 6) is 0. The molecule has 1 fully saturated rings. The molecule has 0 saturated heterocycles. The van der Waals surface area contributed by atoms with Crippen molar-refractivity contribution in [1.29, 1.82) is 0 Å². The van der Waals surface area contributed by atoms with Crippen LogP contribution in [-0.2, 0) is 30.3 Å². The Labute approximate surface area is 209 Å². The van der Waals surface area contributed by atoms with Crippen LogP contribution in [0.3, 0.4) is 0 Å². The van der Waals surface area contributed by atoms with Gasteiger partial charge in [0.2, 0.25) is 10.0 Å². The lowest BCUT2D eigenvalue weighted by atomic mass is 10.1. The quantitative estimate of drug-likeness (QED) is 0.227. The molecule has 0 heterocycles.